The lowest BCUT2D eigenvalue weighted by Gasteiger charge is -2.21. The smallest absolute Gasteiger partial charge is 0.437 e. The van der Waals surface area contributed by atoms with E-state index in [-0.39, 0.29) is 0 Å². The maximum Gasteiger partial charge on any atom is 0.437 e. The van der Waals surface area contributed by atoms with E-state index in [1.807, 2.05) is 31.2 Å². The van der Waals surface area contributed by atoms with E-state index in [1.165, 1.54) is 29.7 Å². The van der Waals surface area contributed by atoms with Crippen molar-refractivity contribution in [2.75, 3.05) is 0 Å². The van der Waals surface area contributed by atoms with Gasteiger partial charge in [0.1, 0.15) is 5.75 Å². The Morgan fingerprint density at radius 2 is 1.74 bits per heavy atom. The number of carboxylic acids is 1. The largest absolute Gasteiger partial charge is 0.478 e. The van der Waals surface area contributed by atoms with Crippen molar-refractivity contribution in [1.29, 1.82) is 0 Å². The molecule has 0 spiro atoms. The zero-order valence-corrected chi connectivity index (χ0v) is 18.3. The van der Waals surface area contributed by atoms with E-state index < -0.39 is 17.3 Å². The highest BCUT2D eigenvalue weighted by atomic mass is 16.5. The van der Waals surface area contributed by atoms with Crippen LogP contribution in [0.3, 0.4) is 0 Å². The molecule has 0 bridgehead atoms. The van der Waals surface area contributed by atoms with Crippen LogP contribution in [0, 0.1) is 13.8 Å². The number of hydrogen-bond acceptors (Lipinski definition) is 5. The van der Waals surface area contributed by atoms with Gasteiger partial charge in [0, 0.05) is 6.42 Å². The number of nitrogens with zero attached hydrogens (tertiary/aromatic N) is 2. The monoisotopic (exact) mass is 424 g/mol. The quantitative estimate of drug-likeness (QED) is 0.559. The molecule has 0 saturated heterocycles. The Morgan fingerprint density at radius 3 is 2.39 bits per heavy atom. The van der Waals surface area contributed by atoms with Crippen LogP contribution in [-0.2, 0) is 24.2 Å². The molecule has 3 aromatic rings. The average molecular weight is 424 g/mol. The standard InChI is InChI=1S/C24H28N2O5/c1-16-8-9-19(14-17(16)2)15-26-23(29)30-21(25-26)7-5-6-18-10-12-20(13-11-18)31-24(3,4)22(27)28/h8-14H,5-7,15H2,1-4H3,(H,27,28). The topological polar surface area (TPSA) is 94.6 Å². The van der Waals surface area contributed by atoms with Crippen molar-refractivity contribution in [3.8, 4) is 5.75 Å². The average Bonchev–Trinajstić information content (AvgIpc) is 3.05. The zero-order valence-electron chi connectivity index (χ0n) is 18.3. The molecule has 0 radical (unpaired) electrons. The summed E-state index contributed by atoms with van der Waals surface area (Å²) in [6.45, 7) is 7.50. The van der Waals surface area contributed by atoms with Gasteiger partial charge in [0.15, 0.2) is 5.60 Å². The van der Waals surface area contributed by atoms with Gasteiger partial charge in [-0.3, -0.25) is 0 Å². The lowest BCUT2D eigenvalue weighted by molar-refractivity contribution is -0.152. The summed E-state index contributed by atoms with van der Waals surface area (Å²) in [6, 6.07) is 13.4. The molecule has 1 heterocycles. The molecule has 31 heavy (non-hydrogen) atoms. The highest BCUT2D eigenvalue weighted by Crippen LogP contribution is 2.20. The molecule has 7 nitrogen and oxygen atoms in total. The highest BCUT2D eigenvalue weighted by molar-refractivity contribution is 5.76. The number of hydrogen-bond donors (Lipinski definition) is 1. The summed E-state index contributed by atoms with van der Waals surface area (Å²) in [6.07, 6.45) is 2.10. The number of aryl methyl sites for hydroxylation is 4. The third-order valence-corrected chi connectivity index (χ3v) is 5.22. The second-order valence-electron chi connectivity index (χ2n) is 8.25. The molecule has 0 aliphatic heterocycles. The summed E-state index contributed by atoms with van der Waals surface area (Å²) in [4.78, 5) is 23.3. The Morgan fingerprint density at radius 1 is 1.06 bits per heavy atom. The van der Waals surface area contributed by atoms with Gasteiger partial charge < -0.3 is 14.3 Å². The van der Waals surface area contributed by atoms with Crippen molar-refractivity contribution in [2.45, 2.75) is 59.1 Å². The summed E-state index contributed by atoms with van der Waals surface area (Å²) < 4.78 is 12.2. The molecule has 0 saturated carbocycles. The van der Waals surface area contributed by atoms with Gasteiger partial charge in [-0.15, -0.1) is 5.10 Å². The molecule has 0 aliphatic rings. The van der Waals surface area contributed by atoms with E-state index >= 15 is 0 Å². The van der Waals surface area contributed by atoms with Gasteiger partial charge in [-0.25, -0.2) is 9.59 Å². The second kappa shape index (κ2) is 9.20. The highest BCUT2D eigenvalue weighted by Gasteiger charge is 2.29. The molecule has 164 valence electrons. The first-order valence-electron chi connectivity index (χ1n) is 10.3. The fourth-order valence-electron chi connectivity index (χ4n) is 3.13. The van der Waals surface area contributed by atoms with Crippen LogP contribution >= 0.6 is 0 Å². The first-order chi connectivity index (χ1) is 14.6. The van der Waals surface area contributed by atoms with Crippen LogP contribution in [0.2, 0.25) is 0 Å². The van der Waals surface area contributed by atoms with Crippen LogP contribution in [-0.4, -0.2) is 26.5 Å². The number of carbonyl (C=O) groups is 1. The number of benzene rings is 2. The summed E-state index contributed by atoms with van der Waals surface area (Å²) in [5.74, 6) is -0.532. The van der Waals surface area contributed by atoms with E-state index in [9.17, 15) is 9.59 Å². The lowest BCUT2D eigenvalue weighted by Crippen LogP contribution is -2.37. The fourth-order valence-corrected chi connectivity index (χ4v) is 3.13. The van der Waals surface area contributed by atoms with E-state index in [2.05, 4.69) is 18.1 Å². The van der Waals surface area contributed by atoms with Crippen molar-refractivity contribution in [2.24, 2.45) is 0 Å². The third kappa shape index (κ3) is 5.84. The minimum Gasteiger partial charge on any atom is -0.478 e. The van der Waals surface area contributed by atoms with E-state index in [1.54, 1.807) is 12.1 Å². The molecule has 0 aliphatic carbocycles. The Balaban J connectivity index is 1.54. The molecule has 0 fully saturated rings. The van der Waals surface area contributed by atoms with Crippen LogP contribution in [0.15, 0.2) is 51.7 Å². The number of aromatic nitrogens is 2. The number of aliphatic carboxylic acids is 1. The Bertz CT molecular complexity index is 1110. The van der Waals surface area contributed by atoms with Gasteiger partial charge in [-0.2, -0.15) is 4.68 Å². The number of rotatable bonds is 9. The predicted octanol–water partition coefficient (Wildman–Crippen LogP) is 3.92. The summed E-state index contributed by atoms with van der Waals surface area (Å²) in [5.41, 5.74) is 3.20. The van der Waals surface area contributed by atoms with E-state index in [0.29, 0.717) is 24.6 Å². The maximum absolute atomic E-state index is 12.1. The normalized spacial score (nSPS) is 11.5. The molecule has 2 aromatic carbocycles. The first kappa shape index (κ1) is 22.3. The van der Waals surface area contributed by atoms with Crippen LogP contribution in [0.4, 0.5) is 0 Å². The van der Waals surface area contributed by atoms with Gasteiger partial charge >= 0.3 is 11.7 Å². The SMILES string of the molecule is Cc1ccc(Cn2nc(CCCc3ccc(OC(C)(C)C(=O)O)cc3)oc2=O)cc1C. The van der Waals surface area contributed by atoms with Crippen molar-refractivity contribution in [3.63, 3.8) is 0 Å². The van der Waals surface area contributed by atoms with Crippen molar-refractivity contribution < 1.29 is 19.1 Å². The summed E-state index contributed by atoms with van der Waals surface area (Å²) >= 11 is 0. The second-order valence-corrected chi connectivity index (χ2v) is 8.25. The van der Waals surface area contributed by atoms with Crippen molar-refractivity contribution in [1.82, 2.24) is 9.78 Å². The van der Waals surface area contributed by atoms with E-state index in [0.717, 1.165) is 24.0 Å². The minimum atomic E-state index is -1.28. The van der Waals surface area contributed by atoms with Crippen LogP contribution in [0.5, 0.6) is 5.75 Å². The van der Waals surface area contributed by atoms with E-state index in [4.69, 9.17) is 14.3 Å². The molecule has 7 heteroatoms. The molecular formula is C24H28N2O5. The third-order valence-electron chi connectivity index (χ3n) is 5.22. The van der Waals surface area contributed by atoms with Gasteiger partial charge in [0.05, 0.1) is 6.54 Å². The minimum absolute atomic E-state index is 0.387. The molecule has 3 rings (SSSR count). The summed E-state index contributed by atoms with van der Waals surface area (Å²) in [7, 11) is 0. The number of carboxylic acid groups (broad SMARTS) is 1. The summed E-state index contributed by atoms with van der Waals surface area (Å²) in [5, 5.41) is 13.5. The molecule has 0 atom stereocenters. The Hall–Kier alpha value is -3.35. The van der Waals surface area contributed by atoms with Gasteiger partial charge in [-0.05, 0) is 74.9 Å². The Kier molecular flexibility index (Phi) is 6.63. The molecule has 1 N–H and O–H groups in total. The van der Waals surface area contributed by atoms with Crippen LogP contribution < -0.4 is 10.5 Å². The Labute approximate surface area is 181 Å². The fraction of sp³-hybridized carbons (Fsp3) is 0.375. The van der Waals surface area contributed by atoms with Crippen LogP contribution in [0.25, 0.3) is 0 Å². The van der Waals surface area contributed by atoms with Gasteiger partial charge in [-0.1, -0.05) is 30.3 Å². The lowest BCUT2D eigenvalue weighted by atomic mass is 10.1. The molecular weight excluding hydrogens is 396 g/mol. The predicted molar refractivity (Wildman–Crippen MR) is 117 cm³/mol. The number of ether oxygens (including phenoxy) is 1. The molecule has 0 unspecified atom stereocenters. The zero-order chi connectivity index (χ0) is 22.6. The molecule has 1 aromatic heterocycles. The van der Waals surface area contributed by atoms with Gasteiger partial charge in [0.2, 0.25) is 5.89 Å². The van der Waals surface area contributed by atoms with Crippen molar-refractivity contribution >= 4 is 5.97 Å². The van der Waals surface area contributed by atoms with Crippen molar-refractivity contribution in [3.05, 3.63) is 81.2 Å². The van der Waals surface area contributed by atoms with Gasteiger partial charge in [0.25, 0.3) is 0 Å². The first-order valence-corrected chi connectivity index (χ1v) is 10.3. The molecule has 0 amide bonds. The maximum atomic E-state index is 12.1. The van der Waals surface area contributed by atoms with Crippen LogP contribution in [0.1, 0.15) is 48.4 Å².